The van der Waals surface area contributed by atoms with E-state index in [-0.39, 0.29) is 5.82 Å². The lowest BCUT2D eigenvalue weighted by atomic mass is 9.75. The van der Waals surface area contributed by atoms with Crippen LogP contribution in [0.1, 0.15) is 50.0 Å². The number of halogens is 1. The largest absolute Gasteiger partial charge is 0.313 e. The van der Waals surface area contributed by atoms with Gasteiger partial charge in [0.15, 0.2) is 0 Å². The zero-order valence-corrected chi connectivity index (χ0v) is 11.4. The van der Waals surface area contributed by atoms with Crippen molar-refractivity contribution in [1.82, 2.24) is 5.32 Å². The molecule has 0 atom stereocenters. The molecule has 0 radical (unpaired) electrons. The van der Waals surface area contributed by atoms with Crippen LogP contribution in [0.25, 0.3) is 0 Å². The van der Waals surface area contributed by atoms with Gasteiger partial charge in [-0.25, -0.2) is 4.39 Å². The van der Waals surface area contributed by atoms with Gasteiger partial charge >= 0.3 is 0 Å². The fourth-order valence-corrected chi connectivity index (χ4v) is 3.78. The summed E-state index contributed by atoms with van der Waals surface area (Å²) in [5, 5.41) is 3.74. The molecule has 0 spiro atoms. The highest BCUT2D eigenvalue weighted by molar-refractivity contribution is 5.24. The summed E-state index contributed by atoms with van der Waals surface area (Å²) in [4.78, 5) is 0. The minimum Gasteiger partial charge on any atom is -0.313 e. The fraction of sp³-hybridized carbons (Fsp3) is 0.647. The molecular weight excluding hydrogens is 237 g/mol. The van der Waals surface area contributed by atoms with Gasteiger partial charge in [-0.05, 0) is 67.4 Å². The molecule has 19 heavy (non-hydrogen) atoms. The number of hydrogen-bond acceptors (Lipinski definition) is 1. The summed E-state index contributed by atoms with van der Waals surface area (Å²) < 4.78 is 13.7. The van der Waals surface area contributed by atoms with E-state index in [0.29, 0.717) is 17.4 Å². The van der Waals surface area contributed by atoms with Gasteiger partial charge in [0.05, 0.1) is 0 Å². The molecule has 0 bridgehead atoms. The maximum atomic E-state index is 13.7. The second kappa shape index (κ2) is 4.31. The molecule has 2 heteroatoms. The molecule has 1 N–H and O–H groups in total. The van der Waals surface area contributed by atoms with Gasteiger partial charge in [0, 0.05) is 12.6 Å². The van der Waals surface area contributed by atoms with E-state index in [0.717, 1.165) is 24.3 Å². The first-order valence-corrected chi connectivity index (χ1v) is 7.75. The Kier molecular flexibility index (Phi) is 2.70. The maximum Gasteiger partial charge on any atom is 0.126 e. The molecule has 0 heterocycles. The minimum atomic E-state index is -0.0254. The Bertz CT molecular complexity index is 470. The van der Waals surface area contributed by atoms with Crippen molar-refractivity contribution in [3.8, 4) is 0 Å². The summed E-state index contributed by atoms with van der Waals surface area (Å²) in [5.41, 5.74) is 1.60. The van der Waals surface area contributed by atoms with E-state index >= 15 is 0 Å². The van der Waals surface area contributed by atoms with Gasteiger partial charge in [-0.3, -0.25) is 0 Å². The highest BCUT2D eigenvalue weighted by atomic mass is 19.1. The Morgan fingerprint density at radius 2 is 1.89 bits per heavy atom. The molecule has 1 aromatic carbocycles. The monoisotopic (exact) mass is 259 g/mol. The Morgan fingerprint density at radius 1 is 1.16 bits per heavy atom. The number of hydrogen-bond donors (Lipinski definition) is 1. The van der Waals surface area contributed by atoms with E-state index < -0.39 is 0 Å². The van der Waals surface area contributed by atoms with E-state index in [1.165, 1.54) is 32.2 Å². The summed E-state index contributed by atoms with van der Waals surface area (Å²) in [6, 6.07) is 7.89. The topological polar surface area (TPSA) is 12.0 Å². The van der Waals surface area contributed by atoms with E-state index in [4.69, 9.17) is 0 Å². The van der Waals surface area contributed by atoms with Crippen LogP contribution in [0.5, 0.6) is 0 Å². The molecule has 1 aromatic rings. The summed E-state index contributed by atoms with van der Waals surface area (Å²) >= 11 is 0. The first-order chi connectivity index (χ1) is 9.27. The lowest BCUT2D eigenvalue weighted by Gasteiger charge is -2.37. The average Bonchev–Trinajstić information content (AvgIpc) is 3.23. The van der Waals surface area contributed by atoms with Crippen molar-refractivity contribution < 1.29 is 4.39 Å². The Balaban J connectivity index is 1.28. The molecule has 1 nitrogen and oxygen atoms in total. The minimum absolute atomic E-state index is 0.0254. The molecule has 4 rings (SSSR count). The molecule has 102 valence electrons. The molecule has 3 aliphatic carbocycles. The molecule has 3 saturated carbocycles. The molecule has 0 aromatic heterocycles. The van der Waals surface area contributed by atoms with Crippen molar-refractivity contribution in [3.05, 3.63) is 35.6 Å². The Labute approximate surface area is 114 Å². The van der Waals surface area contributed by atoms with Gasteiger partial charge in [0.25, 0.3) is 0 Å². The van der Waals surface area contributed by atoms with Crippen molar-refractivity contribution in [3.63, 3.8) is 0 Å². The maximum absolute atomic E-state index is 13.7. The lowest BCUT2D eigenvalue weighted by Crippen LogP contribution is -2.43. The quantitative estimate of drug-likeness (QED) is 0.847. The standard InChI is InChI=1S/C17H22FN/c18-16-4-2-1-3-15(16)12-9-14(10-12)19-11-17(7-8-17)13-5-6-13/h1-4,12-14,19H,5-11H2. The number of rotatable bonds is 5. The van der Waals surface area contributed by atoms with E-state index in [1.54, 1.807) is 12.1 Å². The average molecular weight is 259 g/mol. The predicted octanol–water partition coefficient (Wildman–Crippen LogP) is 3.85. The van der Waals surface area contributed by atoms with Crippen LogP contribution in [0.4, 0.5) is 4.39 Å². The number of nitrogens with one attached hydrogen (secondary N) is 1. The second-order valence-electron chi connectivity index (χ2n) is 6.90. The third kappa shape index (κ3) is 2.20. The van der Waals surface area contributed by atoms with Crippen LogP contribution in [0.2, 0.25) is 0 Å². The molecule has 0 aliphatic heterocycles. The van der Waals surface area contributed by atoms with Crippen molar-refractivity contribution in [2.24, 2.45) is 11.3 Å². The summed E-state index contributed by atoms with van der Waals surface area (Å²) in [6.07, 6.45) is 8.03. The van der Waals surface area contributed by atoms with Gasteiger partial charge in [0.2, 0.25) is 0 Å². The highest BCUT2D eigenvalue weighted by Gasteiger charge is 2.53. The SMILES string of the molecule is Fc1ccccc1C1CC(NCC2(C3CC3)CC2)C1. The summed E-state index contributed by atoms with van der Waals surface area (Å²) in [5.74, 6) is 1.44. The van der Waals surface area contributed by atoms with E-state index in [9.17, 15) is 4.39 Å². The van der Waals surface area contributed by atoms with Crippen LogP contribution >= 0.6 is 0 Å². The van der Waals surface area contributed by atoms with Crippen molar-refractivity contribution in [2.45, 2.75) is 50.5 Å². The van der Waals surface area contributed by atoms with Gasteiger partial charge in [-0.2, -0.15) is 0 Å². The summed E-state index contributed by atoms with van der Waals surface area (Å²) in [7, 11) is 0. The van der Waals surface area contributed by atoms with Crippen LogP contribution in [0, 0.1) is 17.2 Å². The van der Waals surface area contributed by atoms with Crippen LogP contribution in [0.3, 0.4) is 0 Å². The van der Waals surface area contributed by atoms with E-state index in [1.807, 2.05) is 12.1 Å². The predicted molar refractivity (Wildman–Crippen MR) is 74.6 cm³/mol. The molecule has 0 saturated heterocycles. The molecule has 3 fully saturated rings. The molecular formula is C17H22FN. The normalized spacial score (nSPS) is 31.8. The number of benzene rings is 1. The van der Waals surface area contributed by atoms with Gasteiger partial charge in [-0.15, -0.1) is 0 Å². The molecule has 3 aliphatic rings. The smallest absolute Gasteiger partial charge is 0.126 e. The fourth-order valence-electron chi connectivity index (χ4n) is 3.78. The van der Waals surface area contributed by atoms with Crippen LogP contribution in [0.15, 0.2) is 24.3 Å². The second-order valence-corrected chi connectivity index (χ2v) is 6.90. The van der Waals surface area contributed by atoms with E-state index in [2.05, 4.69) is 5.32 Å². The molecule has 0 amide bonds. The van der Waals surface area contributed by atoms with Crippen molar-refractivity contribution in [2.75, 3.05) is 6.54 Å². The van der Waals surface area contributed by atoms with Crippen molar-refractivity contribution in [1.29, 1.82) is 0 Å². The Hall–Kier alpha value is -0.890. The zero-order valence-electron chi connectivity index (χ0n) is 11.4. The first-order valence-electron chi connectivity index (χ1n) is 7.75. The van der Waals surface area contributed by atoms with Gasteiger partial charge in [0.1, 0.15) is 5.82 Å². The third-order valence-corrected chi connectivity index (χ3v) is 5.56. The zero-order chi connectivity index (χ0) is 12.9. The van der Waals surface area contributed by atoms with Crippen LogP contribution in [-0.2, 0) is 0 Å². The van der Waals surface area contributed by atoms with Crippen LogP contribution < -0.4 is 5.32 Å². The lowest BCUT2D eigenvalue weighted by molar-refractivity contribution is 0.258. The third-order valence-electron chi connectivity index (χ3n) is 5.56. The van der Waals surface area contributed by atoms with Gasteiger partial charge in [-0.1, -0.05) is 18.2 Å². The highest BCUT2D eigenvalue weighted by Crippen LogP contribution is 2.61. The first kappa shape index (κ1) is 11.9. The Morgan fingerprint density at radius 3 is 2.53 bits per heavy atom. The summed E-state index contributed by atoms with van der Waals surface area (Å²) in [6.45, 7) is 1.21. The van der Waals surface area contributed by atoms with Gasteiger partial charge < -0.3 is 5.32 Å². The van der Waals surface area contributed by atoms with Crippen LogP contribution in [-0.4, -0.2) is 12.6 Å². The van der Waals surface area contributed by atoms with Crippen molar-refractivity contribution >= 4 is 0 Å². The molecule has 0 unspecified atom stereocenters.